The average molecular weight is 182 g/mol. The second-order valence-corrected chi connectivity index (χ2v) is 3.19. The lowest BCUT2D eigenvalue weighted by Crippen LogP contribution is -2.28. The van der Waals surface area contributed by atoms with Gasteiger partial charge in [0.1, 0.15) is 6.10 Å². The third-order valence-electron chi connectivity index (χ3n) is 1.96. The Bertz CT molecular complexity index is 341. The van der Waals surface area contributed by atoms with Crippen molar-refractivity contribution in [2.45, 2.75) is 13.0 Å². The molecule has 0 saturated carbocycles. The van der Waals surface area contributed by atoms with E-state index in [9.17, 15) is 4.39 Å². The van der Waals surface area contributed by atoms with E-state index in [-0.39, 0.29) is 11.9 Å². The molecule has 0 amide bonds. The third kappa shape index (κ3) is 1.39. The maximum Gasteiger partial charge on any atom is 0.178 e. The summed E-state index contributed by atoms with van der Waals surface area (Å²) in [6.45, 7) is 2.56. The van der Waals surface area contributed by atoms with Crippen LogP contribution in [0.3, 0.4) is 0 Å². The molecule has 0 radical (unpaired) electrons. The van der Waals surface area contributed by atoms with Crippen LogP contribution in [0.15, 0.2) is 12.1 Å². The first-order valence-corrected chi connectivity index (χ1v) is 4.16. The predicted molar refractivity (Wildman–Crippen MR) is 49.4 cm³/mol. The number of benzene rings is 1. The van der Waals surface area contributed by atoms with E-state index < -0.39 is 5.82 Å². The number of halogens is 1. The molecule has 0 saturated heterocycles. The van der Waals surface area contributed by atoms with E-state index in [1.165, 1.54) is 6.07 Å². The number of anilines is 2. The van der Waals surface area contributed by atoms with E-state index in [1.54, 1.807) is 6.07 Å². The van der Waals surface area contributed by atoms with Crippen LogP contribution in [-0.2, 0) is 0 Å². The van der Waals surface area contributed by atoms with Crippen molar-refractivity contribution in [1.29, 1.82) is 0 Å². The second kappa shape index (κ2) is 2.80. The Morgan fingerprint density at radius 2 is 2.38 bits per heavy atom. The predicted octanol–water partition coefficient (Wildman–Crippen LogP) is 1.60. The molecule has 0 aromatic heterocycles. The molecule has 0 fully saturated rings. The third-order valence-corrected chi connectivity index (χ3v) is 1.96. The van der Waals surface area contributed by atoms with Gasteiger partial charge in [-0.3, -0.25) is 0 Å². The van der Waals surface area contributed by atoms with Crippen LogP contribution in [0, 0.1) is 5.82 Å². The van der Waals surface area contributed by atoms with E-state index in [4.69, 9.17) is 10.5 Å². The number of nitrogen functional groups attached to an aromatic ring is 1. The minimum Gasteiger partial charge on any atom is -0.484 e. The van der Waals surface area contributed by atoms with Crippen molar-refractivity contribution in [3.05, 3.63) is 17.9 Å². The Balaban J connectivity index is 2.47. The van der Waals surface area contributed by atoms with Crippen LogP contribution in [0.25, 0.3) is 0 Å². The molecule has 4 heteroatoms. The van der Waals surface area contributed by atoms with Gasteiger partial charge in [0, 0.05) is 11.8 Å². The molecule has 0 bridgehead atoms. The Morgan fingerprint density at radius 1 is 1.62 bits per heavy atom. The molecular weight excluding hydrogens is 171 g/mol. The number of hydrogen-bond donors (Lipinski definition) is 2. The van der Waals surface area contributed by atoms with Crippen molar-refractivity contribution in [3.63, 3.8) is 0 Å². The fourth-order valence-corrected chi connectivity index (χ4v) is 1.36. The van der Waals surface area contributed by atoms with Gasteiger partial charge in [-0.1, -0.05) is 0 Å². The standard InChI is InChI=1S/C9H11FN2O/c1-5-4-12-8-3-6(11)2-7(10)9(8)13-5/h2-3,5,12H,4,11H2,1H3. The van der Waals surface area contributed by atoms with Gasteiger partial charge in [-0.05, 0) is 13.0 Å². The Kier molecular flexibility index (Phi) is 1.76. The molecule has 13 heavy (non-hydrogen) atoms. The fraction of sp³-hybridized carbons (Fsp3) is 0.333. The molecule has 1 aliphatic heterocycles. The highest BCUT2D eigenvalue weighted by molar-refractivity contribution is 5.65. The van der Waals surface area contributed by atoms with Crippen LogP contribution in [0.2, 0.25) is 0 Å². The summed E-state index contributed by atoms with van der Waals surface area (Å²) in [5.74, 6) is -0.137. The molecule has 2 rings (SSSR count). The van der Waals surface area contributed by atoms with Gasteiger partial charge in [-0.15, -0.1) is 0 Å². The first kappa shape index (κ1) is 8.16. The molecule has 1 aromatic rings. The van der Waals surface area contributed by atoms with Gasteiger partial charge in [0.15, 0.2) is 11.6 Å². The first-order valence-electron chi connectivity index (χ1n) is 4.16. The maximum absolute atomic E-state index is 13.3. The van der Waals surface area contributed by atoms with Crippen molar-refractivity contribution in [1.82, 2.24) is 0 Å². The molecule has 1 aliphatic rings. The maximum atomic E-state index is 13.3. The minimum atomic E-state index is -0.408. The molecule has 1 unspecified atom stereocenters. The van der Waals surface area contributed by atoms with E-state index in [0.717, 1.165) is 0 Å². The highest BCUT2D eigenvalue weighted by Crippen LogP contribution is 2.33. The zero-order chi connectivity index (χ0) is 9.42. The number of nitrogens with one attached hydrogen (secondary N) is 1. The van der Waals surface area contributed by atoms with Gasteiger partial charge < -0.3 is 15.8 Å². The van der Waals surface area contributed by atoms with Crippen molar-refractivity contribution >= 4 is 11.4 Å². The smallest absolute Gasteiger partial charge is 0.178 e. The zero-order valence-corrected chi connectivity index (χ0v) is 7.30. The van der Waals surface area contributed by atoms with Crippen molar-refractivity contribution in [3.8, 4) is 5.75 Å². The lowest BCUT2D eigenvalue weighted by atomic mass is 10.2. The molecule has 1 atom stereocenters. The SMILES string of the molecule is CC1CNc2cc(N)cc(F)c2O1. The fourth-order valence-electron chi connectivity index (χ4n) is 1.36. The normalized spacial score (nSPS) is 20.0. The molecule has 1 heterocycles. The van der Waals surface area contributed by atoms with Gasteiger partial charge in [0.2, 0.25) is 0 Å². The van der Waals surface area contributed by atoms with Gasteiger partial charge >= 0.3 is 0 Å². The molecule has 70 valence electrons. The number of fused-ring (bicyclic) bond motifs is 1. The average Bonchev–Trinajstić information content (AvgIpc) is 2.06. The summed E-state index contributed by atoms with van der Waals surface area (Å²) in [7, 11) is 0. The summed E-state index contributed by atoms with van der Waals surface area (Å²) in [5, 5.41) is 3.05. The summed E-state index contributed by atoms with van der Waals surface area (Å²) < 4.78 is 18.6. The molecule has 0 aliphatic carbocycles. The number of nitrogens with two attached hydrogens (primary N) is 1. The molecule has 3 N–H and O–H groups in total. The van der Waals surface area contributed by atoms with Crippen LogP contribution < -0.4 is 15.8 Å². The Morgan fingerprint density at radius 3 is 3.15 bits per heavy atom. The number of rotatable bonds is 0. The van der Waals surface area contributed by atoms with Gasteiger partial charge in [0.05, 0.1) is 12.2 Å². The lowest BCUT2D eigenvalue weighted by molar-refractivity contribution is 0.215. The van der Waals surface area contributed by atoms with Crippen LogP contribution in [-0.4, -0.2) is 12.6 Å². The summed E-state index contributed by atoms with van der Waals surface area (Å²) in [6.07, 6.45) is -0.00868. The second-order valence-electron chi connectivity index (χ2n) is 3.19. The Hall–Kier alpha value is -1.45. The molecule has 3 nitrogen and oxygen atoms in total. The summed E-state index contributed by atoms with van der Waals surface area (Å²) in [5.41, 5.74) is 6.52. The summed E-state index contributed by atoms with van der Waals surface area (Å²) in [4.78, 5) is 0. The topological polar surface area (TPSA) is 47.3 Å². The molecular formula is C9H11FN2O. The highest BCUT2D eigenvalue weighted by Gasteiger charge is 2.19. The Labute approximate surface area is 75.7 Å². The van der Waals surface area contributed by atoms with E-state index in [0.29, 0.717) is 17.9 Å². The van der Waals surface area contributed by atoms with Crippen LogP contribution in [0.5, 0.6) is 5.75 Å². The van der Waals surface area contributed by atoms with Gasteiger partial charge in [-0.2, -0.15) is 0 Å². The highest BCUT2D eigenvalue weighted by atomic mass is 19.1. The van der Waals surface area contributed by atoms with E-state index >= 15 is 0 Å². The molecule has 1 aromatic carbocycles. The van der Waals surface area contributed by atoms with E-state index in [2.05, 4.69) is 5.32 Å². The number of ether oxygens (including phenoxy) is 1. The van der Waals surface area contributed by atoms with Crippen molar-refractivity contribution in [2.75, 3.05) is 17.6 Å². The van der Waals surface area contributed by atoms with Crippen molar-refractivity contribution in [2.24, 2.45) is 0 Å². The van der Waals surface area contributed by atoms with Crippen LogP contribution >= 0.6 is 0 Å². The monoisotopic (exact) mass is 182 g/mol. The van der Waals surface area contributed by atoms with E-state index in [1.807, 2.05) is 6.92 Å². The van der Waals surface area contributed by atoms with Crippen LogP contribution in [0.4, 0.5) is 15.8 Å². The van der Waals surface area contributed by atoms with Crippen LogP contribution in [0.1, 0.15) is 6.92 Å². The van der Waals surface area contributed by atoms with Gasteiger partial charge in [-0.25, -0.2) is 4.39 Å². The molecule has 0 spiro atoms. The zero-order valence-electron chi connectivity index (χ0n) is 7.30. The largest absolute Gasteiger partial charge is 0.484 e. The number of hydrogen-bond acceptors (Lipinski definition) is 3. The minimum absolute atomic E-state index is 0.00868. The quantitative estimate of drug-likeness (QED) is 0.599. The summed E-state index contributed by atoms with van der Waals surface area (Å²) >= 11 is 0. The van der Waals surface area contributed by atoms with Gasteiger partial charge in [0.25, 0.3) is 0 Å². The lowest BCUT2D eigenvalue weighted by Gasteiger charge is -2.25. The van der Waals surface area contributed by atoms with Crippen molar-refractivity contribution < 1.29 is 9.13 Å². The summed E-state index contributed by atoms with van der Waals surface area (Å²) in [6, 6.07) is 2.93. The first-order chi connectivity index (χ1) is 6.16.